The van der Waals surface area contributed by atoms with Gasteiger partial charge < -0.3 is 14.2 Å². The van der Waals surface area contributed by atoms with Crippen LogP contribution in [-0.2, 0) is 0 Å². The van der Waals surface area contributed by atoms with Crippen LogP contribution in [-0.4, -0.2) is 22.7 Å². The molecule has 0 saturated heterocycles. The van der Waals surface area contributed by atoms with Crippen molar-refractivity contribution in [3.63, 3.8) is 0 Å². The highest BCUT2D eigenvalue weighted by molar-refractivity contribution is 5.79. The fourth-order valence-electron chi connectivity index (χ4n) is 2.32. The van der Waals surface area contributed by atoms with Crippen LogP contribution in [0.4, 0.5) is 0 Å². The van der Waals surface area contributed by atoms with E-state index >= 15 is 0 Å². The van der Waals surface area contributed by atoms with E-state index in [-0.39, 0.29) is 6.10 Å². The number of benzene rings is 2. The first-order valence-corrected chi connectivity index (χ1v) is 8.48. The third-order valence-corrected chi connectivity index (χ3v) is 3.41. The normalized spacial score (nSPS) is 10.9. The highest BCUT2D eigenvalue weighted by atomic mass is 16.5. The molecule has 1 aromatic heterocycles. The zero-order valence-corrected chi connectivity index (χ0v) is 14.7. The van der Waals surface area contributed by atoms with E-state index in [0.29, 0.717) is 18.4 Å². The molecule has 1 heterocycles. The first-order valence-electron chi connectivity index (χ1n) is 8.48. The van der Waals surface area contributed by atoms with Crippen LogP contribution < -0.4 is 14.2 Å². The smallest absolute Gasteiger partial charge is 0.322 e. The number of nitrogens with zero attached hydrogens (tertiary/aromatic N) is 2. The molecule has 0 aliphatic carbocycles. The van der Waals surface area contributed by atoms with Crippen molar-refractivity contribution < 1.29 is 14.2 Å². The fourth-order valence-corrected chi connectivity index (χ4v) is 2.32. The molecule has 3 aromatic rings. The summed E-state index contributed by atoms with van der Waals surface area (Å²) in [5.41, 5.74) is 0.809. The first-order chi connectivity index (χ1) is 12.1. The van der Waals surface area contributed by atoms with Gasteiger partial charge >= 0.3 is 6.01 Å². The number of ether oxygens (including phenoxy) is 3. The SMILES string of the molecule is CCCOc1ccc(Oc2ncc3cc(OC(C)C)ccc3n2)cc1. The highest BCUT2D eigenvalue weighted by Gasteiger charge is 2.06. The minimum absolute atomic E-state index is 0.130. The molecular formula is C20H22N2O3. The van der Waals surface area contributed by atoms with Crippen molar-refractivity contribution in [1.82, 2.24) is 9.97 Å². The van der Waals surface area contributed by atoms with Gasteiger partial charge in [-0.15, -0.1) is 0 Å². The van der Waals surface area contributed by atoms with Crippen LogP contribution in [0.15, 0.2) is 48.7 Å². The van der Waals surface area contributed by atoms with Crippen molar-refractivity contribution in [2.75, 3.05) is 6.61 Å². The maximum atomic E-state index is 5.73. The van der Waals surface area contributed by atoms with Gasteiger partial charge in [0, 0.05) is 11.6 Å². The Balaban J connectivity index is 1.73. The van der Waals surface area contributed by atoms with Crippen molar-refractivity contribution >= 4 is 10.9 Å². The Morgan fingerprint density at radius 1 is 0.960 bits per heavy atom. The summed E-state index contributed by atoms with van der Waals surface area (Å²) < 4.78 is 17.0. The van der Waals surface area contributed by atoms with Gasteiger partial charge in [0.25, 0.3) is 0 Å². The monoisotopic (exact) mass is 338 g/mol. The number of aromatic nitrogens is 2. The Morgan fingerprint density at radius 2 is 1.68 bits per heavy atom. The molecule has 0 bridgehead atoms. The van der Waals surface area contributed by atoms with Crippen LogP contribution in [0, 0.1) is 0 Å². The van der Waals surface area contributed by atoms with Gasteiger partial charge in [-0.05, 0) is 62.7 Å². The standard InChI is InChI=1S/C20H22N2O3/c1-4-11-23-16-5-7-17(8-6-16)25-20-21-13-15-12-18(24-14(2)3)9-10-19(15)22-20/h5-10,12-14H,4,11H2,1-3H3. The summed E-state index contributed by atoms with van der Waals surface area (Å²) in [6, 6.07) is 13.5. The van der Waals surface area contributed by atoms with Crippen LogP contribution in [0.2, 0.25) is 0 Å². The van der Waals surface area contributed by atoms with Crippen LogP contribution in [0.25, 0.3) is 10.9 Å². The molecule has 0 atom stereocenters. The largest absolute Gasteiger partial charge is 0.494 e. The second-order valence-electron chi connectivity index (χ2n) is 5.96. The summed E-state index contributed by atoms with van der Waals surface area (Å²) in [6.07, 6.45) is 2.85. The lowest BCUT2D eigenvalue weighted by atomic mass is 10.2. The molecule has 25 heavy (non-hydrogen) atoms. The van der Waals surface area contributed by atoms with E-state index in [2.05, 4.69) is 16.9 Å². The van der Waals surface area contributed by atoms with Crippen LogP contribution in [0.1, 0.15) is 27.2 Å². The third kappa shape index (κ3) is 4.59. The maximum absolute atomic E-state index is 5.73. The molecule has 0 spiro atoms. The number of rotatable bonds is 7. The molecule has 5 nitrogen and oxygen atoms in total. The van der Waals surface area contributed by atoms with Crippen LogP contribution >= 0.6 is 0 Å². The summed E-state index contributed by atoms with van der Waals surface area (Å²) >= 11 is 0. The summed E-state index contributed by atoms with van der Waals surface area (Å²) in [5.74, 6) is 2.30. The molecule has 3 rings (SSSR count). The molecule has 0 saturated carbocycles. The van der Waals surface area contributed by atoms with Gasteiger partial charge in [0.1, 0.15) is 17.2 Å². The summed E-state index contributed by atoms with van der Waals surface area (Å²) in [4.78, 5) is 8.72. The Morgan fingerprint density at radius 3 is 2.40 bits per heavy atom. The zero-order valence-electron chi connectivity index (χ0n) is 14.7. The van der Waals surface area contributed by atoms with E-state index < -0.39 is 0 Å². The fraction of sp³-hybridized carbons (Fsp3) is 0.300. The Hall–Kier alpha value is -2.82. The second-order valence-corrected chi connectivity index (χ2v) is 5.96. The summed E-state index contributed by atoms with van der Waals surface area (Å²) in [5, 5.41) is 0.911. The van der Waals surface area contributed by atoms with Crippen molar-refractivity contribution in [1.29, 1.82) is 0 Å². The van der Waals surface area contributed by atoms with Gasteiger partial charge in [-0.3, -0.25) is 0 Å². The lowest BCUT2D eigenvalue weighted by molar-refractivity contribution is 0.242. The first kappa shape index (κ1) is 17.0. The van der Waals surface area contributed by atoms with E-state index in [1.165, 1.54) is 0 Å². The highest BCUT2D eigenvalue weighted by Crippen LogP contribution is 2.25. The Bertz CT molecular complexity index is 832. The molecule has 0 radical (unpaired) electrons. The van der Waals surface area contributed by atoms with E-state index in [1.54, 1.807) is 6.20 Å². The van der Waals surface area contributed by atoms with Gasteiger partial charge in [-0.2, -0.15) is 4.98 Å². The lowest BCUT2D eigenvalue weighted by Crippen LogP contribution is -2.05. The molecule has 0 aliphatic heterocycles. The zero-order chi connectivity index (χ0) is 17.6. The predicted octanol–water partition coefficient (Wildman–Crippen LogP) is 5.00. The van der Waals surface area contributed by atoms with Gasteiger partial charge in [0.2, 0.25) is 0 Å². The quantitative estimate of drug-likeness (QED) is 0.607. The summed E-state index contributed by atoms with van der Waals surface area (Å²) in [7, 11) is 0. The van der Waals surface area contributed by atoms with Crippen LogP contribution in [0.3, 0.4) is 0 Å². The molecule has 0 aliphatic rings. The molecule has 2 aromatic carbocycles. The minimum Gasteiger partial charge on any atom is -0.494 e. The Labute approximate surface area is 147 Å². The molecule has 130 valence electrons. The summed E-state index contributed by atoms with van der Waals surface area (Å²) in [6.45, 7) is 6.77. The van der Waals surface area contributed by atoms with Gasteiger partial charge in [0.05, 0.1) is 18.2 Å². The molecule has 0 N–H and O–H groups in total. The lowest BCUT2D eigenvalue weighted by Gasteiger charge is -2.10. The maximum Gasteiger partial charge on any atom is 0.322 e. The van der Waals surface area contributed by atoms with Gasteiger partial charge in [-0.1, -0.05) is 6.92 Å². The van der Waals surface area contributed by atoms with Gasteiger partial charge in [-0.25, -0.2) is 4.98 Å². The van der Waals surface area contributed by atoms with E-state index in [4.69, 9.17) is 14.2 Å². The van der Waals surface area contributed by atoms with E-state index in [0.717, 1.165) is 28.8 Å². The third-order valence-electron chi connectivity index (χ3n) is 3.41. The average molecular weight is 338 g/mol. The Kier molecular flexibility index (Phi) is 5.33. The minimum atomic E-state index is 0.130. The van der Waals surface area contributed by atoms with Gasteiger partial charge in [0.15, 0.2) is 0 Å². The molecule has 0 fully saturated rings. The topological polar surface area (TPSA) is 53.5 Å². The second kappa shape index (κ2) is 7.83. The number of hydrogen-bond acceptors (Lipinski definition) is 5. The van der Waals surface area contributed by atoms with Crippen LogP contribution in [0.5, 0.6) is 23.3 Å². The average Bonchev–Trinajstić information content (AvgIpc) is 2.61. The van der Waals surface area contributed by atoms with Crippen molar-refractivity contribution in [2.45, 2.75) is 33.3 Å². The van der Waals surface area contributed by atoms with Crippen molar-refractivity contribution in [3.05, 3.63) is 48.7 Å². The number of hydrogen-bond donors (Lipinski definition) is 0. The molecule has 0 amide bonds. The van der Waals surface area contributed by atoms with Crippen molar-refractivity contribution in [2.24, 2.45) is 0 Å². The van der Waals surface area contributed by atoms with Crippen molar-refractivity contribution in [3.8, 4) is 23.3 Å². The van der Waals surface area contributed by atoms with E-state index in [1.807, 2.05) is 56.3 Å². The molecule has 5 heteroatoms. The predicted molar refractivity (Wildman–Crippen MR) is 97.6 cm³/mol. The molecular weight excluding hydrogens is 316 g/mol. The number of fused-ring (bicyclic) bond motifs is 1. The molecule has 0 unspecified atom stereocenters. The van der Waals surface area contributed by atoms with E-state index in [9.17, 15) is 0 Å².